The van der Waals surface area contributed by atoms with E-state index in [0.29, 0.717) is 30.3 Å². The largest absolute Gasteiger partial charge is 0.479 e. The SMILES string of the molecule is CC(C)(C)OC(=O)N[C@H]1CCCCC/C=C\[C@@H]2C[C@@]2(C(=O)O)NC(=O)[C@@H]2C[C@H](n3nc4ccccc4n3)CN2C1=O. The van der Waals surface area contributed by atoms with E-state index >= 15 is 0 Å². The maximum Gasteiger partial charge on any atom is 0.408 e. The summed E-state index contributed by atoms with van der Waals surface area (Å²) < 4.78 is 5.43. The van der Waals surface area contributed by atoms with E-state index in [1.54, 1.807) is 20.8 Å². The number of carbonyl (C=O) groups excluding carboxylic acids is 3. The molecule has 3 aliphatic rings. The first-order valence-electron chi connectivity index (χ1n) is 14.3. The highest BCUT2D eigenvalue weighted by molar-refractivity contribution is 5.96. The van der Waals surface area contributed by atoms with Gasteiger partial charge in [-0.25, -0.2) is 9.59 Å². The van der Waals surface area contributed by atoms with Crippen molar-refractivity contribution in [3.8, 4) is 0 Å². The van der Waals surface area contributed by atoms with Crippen LogP contribution in [0.5, 0.6) is 0 Å². The molecule has 12 heteroatoms. The summed E-state index contributed by atoms with van der Waals surface area (Å²) in [6, 6.07) is 5.10. The number of ether oxygens (including phenoxy) is 1. The fraction of sp³-hybridized carbons (Fsp3) is 0.586. The van der Waals surface area contributed by atoms with Gasteiger partial charge >= 0.3 is 12.1 Å². The van der Waals surface area contributed by atoms with Crippen molar-refractivity contribution in [1.29, 1.82) is 0 Å². The molecule has 1 aromatic carbocycles. The van der Waals surface area contributed by atoms with Gasteiger partial charge in [0.05, 0.1) is 6.04 Å². The number of hydrogen-bond acceptors (Lipinski definition) is 7. The second-order valence-corrected chi connectivity index (χ2v) is 12.2. The molecule has 0 radical (unpaired) electrons. The summed E-state index contributed by atoms with van der Waals surface area (Å²) >= 11 is 0. The topological polar surface area (TPSA) is 156 Å². The Morgan fingerprint density at radius 3 is 2.49 bits per heavy atom. The number of aromatic nitrogens is 3. The zero-order chi connectivity index (χ0) is 29.4. The Morgan fingerprint density at radius 2 is 1.83 bits per heavy atom. The molecule has 3 amide bonds. The normalized spacial score (nSPS) is 29.9. The van der Waals surface area contributed by atoms with E-state index in [2.05, 4.69) is 20.8 Å². The monoisotopic (exact) mass is 566 g/mol. The molecule has 12 nitrogen and oxygen atoms in total. The highest BCUT2D eigenvalue weighted by atomic mass is 16.6. The van der Waals surface area contributed by atoms with Crippen molar-refractivity contribution < 1.29 is 29.0 Å². The van der Waals surface area contributed by atoms with Gasteiger partial charge in [-0.2, -0.15) is 15.0 Å². The van der Waals surface area contributed by atoms with Crippen molar-refractivity contribution in [1.82, 2.24) is 30.5 Å². The number of allylic oxidation sites excluding steroid dienone is 1. The average molecular weight is 567 g/mol. The van der Waals surface area contributed by atoms with Crippen LogP contribution in [-0.4, -0.2) is 78.6 Å². The molecule has 5 rings (SSSR count). The van der Waals surface area contributed by atoms with Crippen molar-refractivity contribution >= 4 is 34.9 Å². The van der Waals surface area contributed by atoms with Crippen LogP contribution in [0, 0.1) is 5.92 Å². The lowest BCUT2D eigenvalue weighted by Gasteiger charge is -2.30. The molecule has 0 spiro atoms. The molecule has 2 aromatic rings. The lowest BCUT2D eigenvalue weighted by atomic mass is 10.0. The molecule has 1 aromatic heterocycles. The van der Waals surface area contributed by atoms with Gasteiger partial charge in [0.25, 0.3) is 0 Å². The molecule has 3 N–H and O–H groups in total. The number of carboxylic acid groups (broad SMARTS) is 1. The van der Waals surface area contributed by atoms with Crippen LogP contribution in [0.4, 0.5) is 4.79 Å². The van der Waals surface area contributed by atoms with Gasteiger partial charge in [-0.15, -0.1) is 0 Å². The molecule has 1 saturated carbocycles. The smallest absolute Gasteiger partial charge is 0.408 e. The quantitative estimate of drug-likeness (QED) is 0.479. The number of carboxylic acids is 1. The van der Waals surface area contributed by atoms with E-state index < -0.39 is 53.1 Å². The van der Waals surface area contributed by atoms with Crippen LogP contribution in [0.25, 0.3) is 11.0 Å². The number of amides is 3. The number of aliphatic carboxylic acids is 1. The standard InChI is InChI=1S/C29H38N6O6/c1-28(2,3)41-27(40)30-22-14-8-6-4-5-7-11-18-16-29(18,26(38)39)31-24(36)23-15-19(17-34(23)25(22)37)35-32-20-12-9-10-13-21(20)33-35/h7,9-13,18-19,22-23H,4-6,8,14-17H2,1-3H3,(H,30,40)(H,31,36)(H,38,39)/b11-7-/t18-,19+,22+,23+,29-/m1/s1. The first kappa shape index (κ1) is 28.6. The minimum atomic E-state index is -1.40. The number of benzene rings is 1. The first-order chi connectivity index (χ1) is 19.5. The average Bonchev–Trinajstić information content (AvgIpc) is 3.23. The van der Waals surface area contributed by atoms with Gasteiger partial charge in [0.15, 0.2) is 0 Å². The summed E-state index contributed by atoms with van der Waals surface area (Å²) in [5.41, 5.74) is -0.766. The fourth-order valence-electron chi connectivity index (χ4n) is 5.73. The van der Waals surface area contributed by atoms with Crippen LogP contribution in [0.2, 0.25) is 0 Å². The van der Waals surface area contributed by atoms with Gasteiger partial charge in [-0.3, -0.25) is 9.59 Å². The third-order valence-electron chi connectivity index (χ3n) is 7.96. The van der Waals surface area contributed by atoms with Crippen molar-refractivity contribution in [3.63, 3.8) is 0 Å². The van der Waals surface area contributed by atoms with E-state index in [1.807, 2.05) is 36.4 Å². The van der Waals surface area contributed by atoms with E-state index in [1.165, 1.54) is 9.70 Å². The van der Waals surface area contributed by atoms with Gasteiger partial charge in [0.1, 0.15) is 34.3 Å². The summed E-state index contributed by atoms with van der Waals surface area (Å²) in [7, 11) is 0. The second-order valence-electron chi connectivity index (χ2n) is 12.2. The summed E-state index contributed by atoms with van der Waals surface area (Å²) in [4.78, 5) is 55.8. The molecule has 5 atom stereocenters. The maximum atomic E-state index is 14.1. The Labute approximate surface area is 238 Å². The highest BCUT2D eigenvalue weighted by Gasteiger charge is 2.61. The Bertz CT molecular complexity index is 1330. The van der Waals surface area contributed by atoms with E-state index in [9.17, 15) is 24.3 Å². The van der Waals surface area contributed by atoms with Crippen LogP contribution in [0.1, 0.15) is 71.8 Å². The van der Waals surface area contributed by atoms with Crippen molar-refractivity contribution in [2.45, 2.75) is 95.0 Å². The van der Waals surface area contributed by atoms with Crippen LogP contribution in [-0.2, 0) is 19.1 Å². The van der Waals surface area contributed by atoms with Gasteiger partial charge in [0, 0.05) is 18.9 Å². The molecule has 2 aliphatic heterocycles. The molecule has 3 heterocycles. The molecule has 41 heavy (non-hydrogen) atoms. The van der Waals surface area contributed by atoms with Crippen molar-refractivity contribution in [3.05, 3.63) is 36.4 Å². The minimum absolute atomic E-state index is 0.133. The minimum Gasteiger partial charge on any atom is -0.479 e. The van der Waals surface area contributed by atoms with Crippen LogP contribution in [0.15, 0.2) is 36.4 Å². The molecule has 2 fully saturated rings. The fourth-order valence-corrected chi connectivity index (χ4v) is 5.73. The Kier molecular flexibility index (Phi) is 7.76. The zero-order valence-corrected chi connectivity index (χ0v) is 23.7. The van der Waals surface area contributed by atoms with Gasteiger partial charge in [-0.05, 0) is 58.6 Å². The molecular weight excluding hydrogens is 528 g/mol. The number of hydrogen-bond donors (Lipinski definition) is 3. The highest BCUT2D eigenvalue weighted by Crippen LogP contribution is 2.45. The van der Waals surface area contributed by atoms with Crippen LogP contribution < -0.4 is 10.6 Å². The number of carbonyl (C=O) groups is 4. The number of nitrogens with one attached hydrogen (secondary N) is 2. The number of alkyl carbamates (subject to hydrolysis) is 1. The molecule has 220 valence electrons. The Morgan fingerprint density at radius 1 is 1.12 bits per heavy atom. The van der Waals surface area contributed by atoms with E-state index in [-0.39, 0.29) is 18.9 Å². The zero-order valence-electron chi connectivity index (χ0n) is 23.7. The van der Waals surface area contributed by atoms with Crippen molar-refractivity contribution in [2.24, 2.45) is 5.92 Å². The number of rotatable bonds is 3. The van der Waals surface area contributed by atoms with Gasteiger partial charge in [0.2, 0.25) is 11.8 Å². The number of fused-ring (bicyclic) bond motifs is 3. The summed E-state index contributed by atoms with van der Waals surface area (Å²) in [6.45, 7) is 5.37. The molecule has 0 unspecified atom stereocenters. The third kappa shape index (κ3) is 6.20. The molecule has 1 saturated heterocycles. The third-order valence-corrected chi connectivity index (χ3v) is 7.96. The summed E-state index contributed by atoms with van der Waals surface area (Å²) in [5, 5.41) is 24.7. The van der Waals surface area contributed by atoms with Gasteiger partial charge in [-0.1, -0.05) is 37.1 Å². The van der Waals surface area contributed by atoms with Crippen LogP contribution in [0.3, 0.4) is 0 Å². The van der Waals surface area contributed by atoms with Gasteiger partial charge < -0.3 is 25.4 Å². The Balaban J connectivity index is 1.46. The van der Waals surface area contributed by atoms with E-state index in [4.69, 9.17) is 4.74 Å². The second kappa shape index (κ2) is 11.1. The summed E-state index contributed by atoms with van der Waals surface area (Å²) in [5.74, 6) is -2.36. The Hall–Kier alpha value is -3.96. The van der Waals surface area contributed by atoms with Crippen LogP contribution >= 0.6 is 0 Å². The van der Waals surface area contributed by atoms with E-state index in [0.717, 1.165) is 19.3 Å². The predicted octanol–water partition coefficient (Wildman–Crippen LogP) is 2.95. The molecule has 0 bridgehead atoms. The lowest BCUT2D eigenvalue weighted by Crippen LogP contribution is -2.56. The first-order valence-corrected chi connectivity index (χ1v) is 14.3. The predicted molar refractivity (Wildman–Crippen MR) is 149 cm³/mol. The number of nitrogens with zero attached hydrogens (tertiary/aromatic N) is 4. The summed E-state index contributed by atoms with van der Waals surface area (Å²) in [6.07, 6.45) is 7.14. The molecular formula is C29H38N6O6. The molecule has 1 aliphatic carbocycles. The van der Waals surface area contributed by atoms with Crippen molar-refractivity contribution in [2.75, 3.05) is 6.54 Å². The maximum absolute atomic E-state index is 14.1. The lowest BCUT2D eigenvalue weighted by molar-refractivity contribution is -0.145.